The third-order valence-electron chi connectivity index (χ3n) is 11.5. The molecule has 1 aliphatic heterocycles. The minimum Gasteiger partial charge on any atom is -0.385 e. The first-order valence-corrected chi connectivity index (χ1v) is 20.9. The SMILES string of the molecule is CNc1cc(Nc2cccn(-c3ccc(C(=O)NCCCCCCCCc4cccc5c4n(C)c(=O)n5C4CCC(=O)NC4=O)cc3)c2=O)nn2c(C(=O)N[C@@H]3C[C@@H]3F)cnc12. The number of amides is 4. The highest BCUT2D eigenvalue weighted by molar-refractivity contribution is 6.00. The molecule has 322 valence electrons. The van der Waals surface area contributed by atoms with E-state index < -0.39 is 30.1 Å². The third-order valence-corrected chi connectivity index (χ3v) is 11.5. The quantitative estimate of drug-likeness (QED) is 0.0644. The van der Waals surface area contributed by atoms with E-state index in [9.17, 15) is 33.2 Å². The molecule has 2 aliphatic rings. The van der Waals surface area contributed by atoms with E-state index in [1.54, 1.807) is 67.3 Å². The van der Waals surface area contributed by atoms with Crippen LogP contribution in [0.5, 0.6) is 0 Å². The largest absolute Gasteiger partial charge is 0.385 e. The summed E-state index contributed by atoms with van der Waals surface area (Å²) in [6.45, 7) is 0.535. The van der Waals surface area contributed by atoms with Crippen molar-refractivity contribution in [2.45, 2.75) is 82.5 Å². The molecule has 3 atom stereocenters. The van der Waals surface area contributed by atoms with Crippen LogP contribution in [0.15, 0.2) is 82.6 Å². The second-order valence-electron chi connectivity index (χ2n) is 15.8. The second-order valence-corrected chi connectivity index (χ2v) is 15.8. The van der Waals surface area contributed by atoms with Gasteiger partial charge in [-0.05, 0) is 73.7 Å². The number of fused-ring (bicyclic) bond motifs is 2. The number of alkyl halides is 1. The molecule has 5 N–H and O–H groups in total. The minimum atomic E-state index is -1.06. The van der Waals surface area contributed by atoms with Crippen molar-refractivity contribution in [2.75, 3.05) is 24.2 Å². The molecule has 0 spiro atoms. The molecule has 62 heavy (non-hydrogen) atoms. The van der Waals surface area contributed by atoms with Crippen molar-refractivity contribution in [3.63, 3.8) is 0 Å². The standard InChI is InChI=1S/C44H48FN11O6/c1-46-32-24-36(52-56-35(25-48-39(32)56)42(60)50-31-23-29(31)45)49-30-13-10-22-54(43(30)61)28-17-15-27(16-18-28)40(58)47-21-8-6-4-3-5-7-11-26-12-9-14-33-38(26)53(2)44(62)55(33)34-19-20-37(57)51-41(34)59/h9-10,12-18,22,24-25,29,31,34,46H,3-8,11,19-21,23H2,1-2H3,(H,47,58)(H,49,52)(H,50,60)(H,51,57,59)/t29-,31+,34?/m0/s1. The van der Waals surface area contributed by atoms with Crippen molar-refractivity contribution < 1.29 is 23.6 Å². The first-order chi connectivity index (χ1) is 30.0. The second kappa shape index (κ2) is 17.9. The van der Waals surface area contributed by atoms with E-state index in [1.807, 2.05) is 18.2 Å². The number of rotatable bonds is 17. The number of aryl methyl sites for hydroxylation is 2. The van der Waals surface area contributed by atoms with Gasteiger partial charge < -0.3 is 21.3 Å². The van der Waals surface area contributed by atoms with Crippen LogP contribution in [0.4, 0.5) is 21.6 Å². The Morgan fingerprint density at radius 2 is 1.68 bits per heavy atom. The maximum atomic E-state index is 13.6. The van der Waals surface area contributed by atoms with Crippen LogP contribution in [0, 0.1) is 0 Å². The first kappa shape index (κ1) is 41.6. The van der Waals surface area contributed by atoms with Gasteiger partial charge in [0.05, 0.1) is 29.0 Å². The van der Waals surface area contributed by atoms with E-state index >= 15 is 0 Å². The highest BCUT2D eigenvalue weighted by Gasteiger charge is 2.39. The number of unbranched alkanes of at least 4 members (excludes halogenated alkanes) is 5. The average molecular weight is 846 g/mol. The fourth-order valence-electron chi connectivity index (χ4n) is 8.03. The Morgan fingerprint density at radius 3 is 2.42 bits per heavy atom. The Labute approximate surface area is 354 Å². The summed E-state index contributed by atoms with van der Waals surface area (Å²) in [6.07, 6.45) is 9.31. The molecule has 0 bridgehead atoms. The van der Waals surface area contributed by atoms with Crippen LogP contribution in [-0.2, 0) is 23.1 Å². The summed E-state index contributed by atoms with van der Waals surface area (Å²) in [6, 6.07) is 16.3. The summed E-state index contributed by atoms with van der Waals surface area (Å²) in [5.41, 5.74) is 4.25. The maximum absolute atomic E-state index is 13.6. The molecular weight excluding hydrogens is 798 g/mol. The monoisotopic (exact) mass is 845 g/mol. The van der Waals surface area contributed by atoms with Crippen molar-refractivity contribution in [3.05, 3.63) is 111 Å². The van der Waals surface area contributed by atoms with Gasteiger partial charge in [-0.1, -0.05) is 37.8 Å². The number of nitrogens with zero attached hydrogens (tertiary/aromatic N) is 6. The van der Waals surface area contributed by atoms with Crippen LogP contribution in [0.1, 0.15) is 90.2 Å². The van der Waals surface area contributed by atoms with Gasteiger partial charge in [-0.15, -0.1) is 5.10 Å². The van der Waals surface area contributed by atoms with Crippen LogP contribution >= 0.6 is 0 Å². The fourth-order valence-corrected chi connectivity index (χ4v) is 8.03. The van der Waals surface area contributed by atoms with Crippen LogP contribution in [-0.4, -0.2) is 77.7 Å². The van der Waals surface area contributed by atoms with Crippen molar-refractivity contribution >= 4 is 57.5 Å². The summed E-state index contributed by atoms with van der Waals surface area (Å²) in [5, 5.41) is 18.6. The van der Waals surface area contributed by atoms with Crippen molar-refractivity contribution in [3.8, 4) is 5.69 Å². The van der Waals surface area contributed by atoms with E-state index in [-0.39, 0.29) is 53.1 Å². The smallest absolute Gasteiger partial charge is 0.329 e. The summed E-state index contributed by atoms with van der Waals surface area (Å²) >= 11 is 0. The third kappa shape index (κ3) is 8.57. The van der Waals surface area contributed by atoms with Gasteiger partial charge in [-0.25, -0.2) is 18.7 Å². The van der Waals surface area contributed by atoms with E-state index in [0.29, 0.717) is 41.1 Å². The number of hydrogen-bond acceptors (Lipinski definition) is 10. The molecule has 1 unspecified atom stereocenters. The van der Waals surface area contributed by atoms with Crippen LogP contribution < -0.4 is 37.8 Å². The number of carbonyl (C=O) groups is 4. The lowest BCUT2D eigenvalue weighted by Crippen LogP contribution is -2.44. The predicted molar refractivity (Wildman–Crippen MR) is 231 cm³/mol. The molecule has 1 saturated heterocycles. The highest BCUT2D eigenvalue weighted by Crippen LogP contribution is 2.28. The average Bonchev–Trinajstić information content (AvgIpc) is 3.67. The summed E-state index contributed by atoms with van der Waals surface area (Å²) in [4.78, 5) is 81.1. The number of benzene rings is 2. The van der Waals surface area contributed by atoms with Crippen molar-refractivity contribution in [1.29, 1.82) is 0 Å². The molecule has 0 radical (unpaired) electrons. The van der Waals surface area contributed by atoms with Gasteiger partial charge in [0.2, 0.25) is 11.8 Å². The number of imidazole rings is 2. The molecule has 2 fully saturated rings. The number of pyridine rings is 1. The molecule has 2 aromatic carbocycles. The van der Waals surface area contributed by atoms with Crippen LogP contribution in [0.3, 0.4) is 0 Å². The lowest BCUT2D eigenvalue weighted by Gasteiger charge is -2.21. The maximum Gasteiger partial charge on any atom is 0.329 e. The Kier molecular flexibility index (Phi) is 12.0. The van der Waals surface area contributed by atoms with Crippen LogP contribution in [0.25, 0.3) is 22.4 Å². The van der Waals surface area contributed by atoms with Crippen molar-refractivity contribution in [2.24, 2.45) is 7.05 Å². The van der Waals surface area contributed by atoms with Crippen LogP contribution in [0.2, 0.25) is 0 Å². The molecule has 4 amide bonds. The lowest BCUT2D eigenvalue weighted by molar-refractivity contribution is -0.135. The van der Waals surface area contributed by atoms with E-state index in [2.05, 4.69) is 36.7 Å². The zero-order valence-corrected chi connectivity index (χ0v) is 34.4. The zero-order chi connectivity index (χ0) is 43.5. The van der Waals surface area contributed by atoms with Crippen molar-refractivity contribution in [1.82, 2.24) is 44.2 Å². The van der Waals surface area contributed by atoms with Gasteiger partial charge in [0.15, 0.2) is 17.2 Å². The molecule has 1 saturated carbocycles. The molecule has 5 heterocycles. The minimum absolute atomic E-state index is 0.127. The number of aromatic nitrogens is 6. The highest BCUT2D eigenvalue weighted by atomic mass is 19.1. The molecule has 17 nitrogen and oxygen atoms in total. The molecule has 6 aromatic rings. The predicted octanol–water partition coefficient (Wildman–Crippen LogP) is 4.45. The Balaban J connectivity index is 0.795. The van der Waals surface area contributed by atoms with Gasteiger partial charge in [0.25, 0.3) is 17.4 Å². The van der Waals surface area contributed by atoms with E-state index in [1.165, 1.54) is 19.8 Å². The van der Waals surface area contributed by atoms with E-state index in [0.717, 1.165) is 56.0 Å². The molecule has 4 aromatic heterocycles. The number of hydrogen-bond donors (Lipinski definition) is 5. The lowest BCUT2D eigenvalue weighted by atomic mass is 10.0. The molecule has 18 heteroatoms. The normalized spacial score (nSPS) is 17.2. The number of piperidine rings is 1. The van der Waals surface area contributed by atoms with E-state index in [4.69, 9.17) is 0 Å². The number of para-hydroxylation sites is 1. The van der Waals surface area contributed by atoms with Gasteiger partial charge >= 0.3 is 5.69 Å². The number of anilines is 3. The number of nitrogens with one attached hydrogen (secondary N) is 5. The molecule has 1 aliphatic carbocycles. The molecule has 8 rings (SSSR count). The number of carbonyl (C=O) groups excluding carboxylic acids is 4. The summed E-state index contributed by atoms with van der Waals surface area (Å²) < 4.78 is 19.4. The topological polar surface area (TPSA) is 208 Å². The fraction of sp³-hybridized carbons (Fsp3) is 0.364. The molecular formula is C44H48FN11O6. The summed E-state index contributed by atoms with van der Waals surface area (Å²) in [7, 11) is 3.42. The zero-order valence-electron chi connectivity index (χ0n) is 34.4. The first-order valence-electron chi connectivity index (χ1n) is 20.9. The Bertz CT molecular complexity index is 2810. The van der Waals surface area contributed by atoms with Gasteiger partial charge in [0, 0.05) is 57.0 Å². The summed E-state index contributed by atoms with van der Waals surface area (Å²) in [5.74, 6) is -1.19. The Morgan fingerprint density at radius 1 is 0.919 bits per heavy atom. The van der Waals surface area contributed by atoms with Gasteiger partial charge in [0.1, 0.15) is 17.9 Å². The van der Waals surface area contributed by atoms with Gasteiger partial charge in [-0.3, -0.25) is 43.0 Å². The Hall–Kier alpha value is -7.11. The van der Waals surface area contributed by atoms with Gasteiger partial charge in [-0.2, -0.15) is 0 Å². The number of imide groups is 1. The number of halogens is 1.